The van der Waals surface area contributed by atoms with Crippen molar-refractivity contribution in [1.82, 2.24) is 9.78 Å². The molecule has 1 aromatic heterocycles. The van der Waals surface area contributed by atoms with Gasteiger partial charge in [0, 0.05) is 18.4 Å². The van der Waals surface area contributed by atoms with Gasteiger partial charge in [-0.15, -0.1) is 11.8 Å². The van der Waals surface area contributed by atoms with Gasteiger partial charge in [-0.1, -0.05) is 11.8 Å². The average Bonchev–Trinajstić information content (AvgIpc) is 2.81. The van der Waals surface area contributed by atoms with Crippen molar-refractivity contribution < 1.29 is 9.84 Å². The van der Waals surface area contributed by atoms with E-state index in [0.717, 1.165) is 33.3 Å². The van der Waals surface area contributed by atoms with Gasteiger partial charge in [-0.3, -0.25) is 4.68 Å². The van der Waals surface area contributed by atoms with Crippen LogP contribution in [0.3, 0.4) is 0 Å². The number of hydrogen-bond donors (Lipinski definition) is 1. The lowest BCUT2D eigenvalue weighted by Crippen LogP contribution is -1.95. The maximum absolute atomic E-state index is 8.85. The molecule has 0 bridgehead atoms. The van der Waals surface area contributed by atoms with Crippen LogP contribution in [0.25, 0.3) is 0 Å². The van der Waals surface area contributed by atoms with Crippen molar-refractivity contribution in [3.63, 3.8) is 0 Å². The Morgan fingerprint density at radius 2 is 2.19 bits per heavy atom. The van der Waals surface area contributed by atoms with E-state index >= 15 is 0 Å². The van der Waals surface area contributed by atoms with Gasteiger partial charge < -0.3 is 9.84 Å². The van der Waals surface area contributed by atoms with Crippen molar-refractivity contribution >= 4 is 11.8 Å². The summed E-state index contributed by atoms with van der Waals surface area (Å²) in [7, 11) is 3.59. The molecule has 0 aliphatic rings. The molecule has 4 nitrogen and oxygen atoms in total. The summed E-state index contributed by atoms with van der Waals surface area (Å²) in [5.41, 5.74) is 3.00. The first-order valence-electron chi connectivity index (χ1n) is 6.54. The van der Waals surface area contributed by atoms with Crippen LogP contribution in [0.1, 0.15) is 16.8 Å². The maximum Gasteiger partial charge on any atom is 0.119 e. The summed E-state index contributed by atoms with van der Waals surface area (Å²) in [6.45, 7) is 1.84. The third kappa shape index (κ3) is 4.03. The Labute approximate surface area is 129 Å². The first-order chi connectivity index (χ1) is 10.1. The lowest BCUT2D eigenvalue weighted by Gasteiger charge is -2.08. The second-order valence-electron chi connectivity index (χ2n) is 4.52. The van der Waals surface area contributed by atoms with Gasteiger partial charge in [0.15, 0.2) is 0 Å². The van der Waals surface area contributed by atoms with Crippen molar-refractivity contribution in [1.29, 1.82) is 0 Å². The Balaban J connectivity index is 2.22. The van der Waals surface area contributed by atoms with Crippen molar-refractivity contribution in [2.24, 2.45) is 7.05 Å². The average molecular weight is 302 g/mol. The van der Waals surface area contributed by atoms with Crippen LogP contribution in [-0.2, 0) is 12.8 Å². The van der Waals surface area contributed by atoms with E-state index < -0.39 is 0 Å². The van der Waals surface area contributed by atoms with Crippen LogP contribution in [0.5, 0.6) is 5.75 Å². The third-order valence-electron chi connectivity index (χ3n) is 2.95. The first-order valence-corrected chi connectivity index (χ1v) is 7.52. The number of ether oxygens (including phenoxy) is 1. The van der Waals surface area contributed by atoms with E-state index in [4.69, 9.17) is 9.84 Å². The summed E-state index contributed by atoms with van der Waals surface area (Å²) in [6, 6.07) is 7.84. The van der Waals surface area contributed by atoms with Gasteiger partial charge in [0.2, 0.25) is 0 Å². The van der Waals surface area contributed by atoms with Crippen molar-refractivity contribution in [2.75, 3.05) is 13.7 Å². The molecule has 0 atom stereocenters. The molecule has 0 saturated heterocycles. The van der Waals surface area contributed by atoms with E-state index in [9.17, 15) is 0 Å². The molecular weight excluding hydrogens is 284 g/mol. The number of aromatic nitrogens is 2. The monoisotopic (exact) mass is 302 g/mol. The van der Waals surface area contributed by atoms with Crippen LogP contribution in [-0.4, -0.2) is 28.6 Å². The Hall–Kier alpha value is -1.90. The predicted octanol–water partition coefficient (Wildman–Crippen LogP) is 2.37. The number of thioether (sulfide) groups is 1. The van der Waals surface area contributed by atoms with Crippen LogP contribution in [0.15, 0.2) is 29.3 Å². The summed E-state index contributed by atoms with van der Waals surface area (Å²) >= 11 is 1.70. The van der Waals surface area contributed by atoms with Gasteiger partial charge in [0.05, 0.1) is 17.8 Å². The van der Waals surface area contributed by atoms with E-state index in [2.05, 4.69) is 23.0 Å². The number of hydrogen-bond acceptors (Lipinski definition) is 4. The Morgan fingerprint density at radius 1 is 1.38 bits per heavy atom. The summed E-state index contributed by atoms with van der Waals surface area (Å²) in [5, 5.41) is 14.3. The summed E-state index contributed by atoms with van der Waals surface area (Å²) in [4.78, 5) is 0. The van der Waals surface area contributed by atoms with E-state index in [-0.39, 0.29) is 6.61 Å². The number of methoxy groups -OCH3 is 1. The topological polar surface area (TPSA) is 47.3 Å². The Bertz CT molecular complexity index is 683. The first kappa shape index (κ1) is 15.5. The molecule has 0 aliphatic carbocycles. The van der Waals surface area contributed by atoms with Crippen LogP contribution in [0, 0.1) is 18.8 Å². The minimum absolute atomic E-state index is 0.139. The molecule has 0 aliphatic heterocycles. The molecule has 5 heteroatoms. The third-order valence-corrected chi connectivity index (χ3v) is 4.08. The largest absolute Gasteiger partial charge is 0.497 e. The fourth-order valence-corrected chi connectivity index (χ4v) is 2.97. The van der Waals surface area contributed by atoms with Gasteiger partial charge in [0.25, 0.3) is 0 Å². The predicted molar refractivity (Wildman–Crippen MR) is 84.5 cm³/mol. The molecule has 1 N–H and O–H groups in total. The summed E-state index contributed by atoms with van der Waals surface area (Å²) in [6.07, 6.45) is 0. The van der Waals surface area contributed by atoms with E-state index in [0.29, 0.717) is 0 Å². The van der Waals surface area contributed by atoms with Gasteiger partial charge >= 0.3 is 0 Å². The highest BCUT2D eigenvalue weighted by atomic mass is 32.2. The fourth-order valence-electron chi connectivity index (χ4n) is 1.95. The van der Waals surface area contributed by atoms with Gasteiger partial charge in [0.1, 0.15) is 12.4 Å². The van der Waals surface area contributed by atoms with Gasteiger partial charge in [-0.25, -0.2) is 0 Å². The van der Waals surface area contributed by atoms with Crippen molar-refractivity contribution in [3.8, 4) is 17.6 Å². The minimum atomic E-state index is -0.139. The number of aliphatic hydroxyl groups is 1. The zero-order valence-corrected chi connectivity index (χ0v) is 13.2. The second kappa shape index (κ2) is 7.21. The van der Waals surface area contributed by atoms with E-state index in [1.54, 1.807) is 18.9 Å². The molecular formula is C16H18N2O2S. The molecule has 21 heavy (non-hydrogen) atoms. The molecule has 0 saturated carbocycles. The number of aryl methyl sites for hydroxylation is 2. The molecule has 1 aromatic carbocycles. The zero-order chi connectivity index (χ0) is 15.2. The molecule has 0 spiro atoms. The molecule has 2 rings (SSSR count). The number of benzene rings is 1. The SMILES string of the molecule is COc1ccc(C#CCO)c(CSc2cc(C)nn2C)c1. The lowest BCUT2D eigenvalue weighted by atomic mass is 10.1. The molecule has 0 radical (unpaired) electrons. The van der Waals surface area contributed by atoms with Crippen LogP contribution < -0.4 is 4.74 Å². The smallest absolute Gasteiger partial charge is 0.119 e. The lowest BCUT2D eigenvalue weighted by molar-refractivity contribution is 0.350. The quantitative estimate of drug-likeness (QED) is 0.696. The normalized spacial score (nSPS) is 10.1. The number of rotatable bonds is 4. The molecule has 2 aromatic rings. The highest BCUT2D eigenvalue weighted by Crippen LogP contribution is 2.27. The zero-order valence-electron chi connectivity index (χ0n) is 12.4. The van der Waals surface area contributed by atoms with Gasteiger partial charge in [-0.05, 0) is 36.8 Å². The standard InChI is InChI=1S/C16H18N2O2S/c1-12-9-16(18(2)17-12)21-11-14-10-15(20-3)7-6-13(14)5-4-8-19/h6-7,9-10,19H,8,11H2,1-3H3. The van der Waals surface area contributed by atoms with Crippen molar-refractivity contribution in [2.45, 2.75) is 17.7 Å². The van der Waals surface area contributed by atoms with E-state index in [1.165, 1.54) is 0 Å². The van der Waals surface area contributed by atoms with E-state index in [1.807, 2.05) is 36.9 Å². The fraction of sp³-hybridized carbons (Fsp3) is 0.312. The second-order valence-corrected chi connectivity index (χ2v) is 5.51. The van der Waals surface area contributed by atoms with Crippen LogP contribution >= 0.6 is 11.8 Å². The van der Waals surface area contributed by atoms with Crippen LogP contribution in [0.2, 0.25) is 0 Å². The van der Waals surface area contributed by atoms with Crippen molar-refractivity contribution in [3.05, 3.63) is 41.1 Å². The molecule has 0 unspecified atom stereocenters. The summed E-state index contributed by atoms with van der Waals surface area (Å²) in [5.74, 6) is 7.25. The highest BCUT2D eigenvalue weighted by Gasteiger charge is 2.07. The van der Waals surface area contributed by atoms with Gasteiger partial charge in [-0.2, -0.15) is 5.10 Å². The molecule has 110 valence electrons. The molecule has 1 heterocycles. The Kier molecular flexibility index (Phi) is 5.32. The van der Waals surface area contributed by atoms with Crippen LogP contribution in [0.4, 0.5) is 0 Å². The minimum Gasteiger partial charge on any atom is -0.497 e. The highest BCUT2D eigenvalue weighted by molar-refractivity contribution is 7.98. The Morgan fingerprint density at radius 3 is 2.81 bits per heavy atom. The number of nitrogens with zero attached hydrogens (tertiary/aromatic N) is 2. The number of aliphatic hydroxyl groups excluding tert-OH is 1. The molecule has 0 amide bonds. The molecule has 0 fully saturated rings. The maximum atomic E-state index is 8.85. The summed E-state index contributed by atoms with van der Waals surface area (Å²) < 4.78 is 7.14.